The maximum Gasteiger partial charge on any atom is 0.246 e. The van der Waals surface area contributed by atoms with Gasteiger partial charge in [0.1, 0.15) is 66.5 Å². The molecule has 720 valence electrons. The number of benzene rings is 3. The van der Waals surface area contributed by atoms with Gasteiger partial charge in [0.2, 0.25) is 88.6 Å². The maximum atomic E-state index is 15.8. The van der Waals surface area contributed by atoms with E-state index in [2.05, 4.69) is 57.8 Å². The van der Waals surface area contributed by atoms with Crippen molar-refractivity contribution in [3.63, 3.8) is 0 Å². The van der Waals surface area contributed by atoms with Crippen LogP contribution in [0, 0.1) is 30.1 Å². The van der Waals surface area contributed by atoms with Crippen LogP contribution in [0.25, 0.3) is 21.8 Å². The van der Waals surface area contributed by atoms with E-state index in [1.165, 1.54) is 37.9 Å². The Morgan fingerprint density at radius 2 is 1.16 bits per heavy atom. The topological polar surface area (TPSA) is 615 Å². The Balaban J connectivity index is 1.19. The summed E-state index contributed by atoms with van der Waals surface area (Å²) in [5.41, 5.74) is 26.8. The first-order chi connectivity index (χ1) is 62.8. The number of aliphatic hydroxyl groups is 2. The van der Waals surface area contributed by atoms with Crippen molar-refractivity contribution < 1.29 is 91.7 Å². The average Bonchev–Trinajstić information content (AvgIpc) is 1.17. The van der Waals surface area contributed by atoms with Crippen LogP contribution in [-0.2, 0) is 101 Å². The van der Waals surface area contributed by atoms with Gasteiger partial charge in [-0.3, -0.25) is 86.9 Å². The number of Topliss-reactive ketones (excluding diaryl/α,β-unsaturated/α-hetero) is 2. The Morgan fingerprint density at radius 1 is 0.576 bits per heavy atom. The molecular formula is C91H131N21O19S. The van der Waals surface area contributed by atoms with Crippen LogP contribution in [0.5, 0.6) is 0 Å². The number of nitrogens with zero attached hydrogens (tertiary/aromatic N) is 5. The zero-order valence-electron chi connectivity index (χ0n) is 76.5. The number of unbranched alkanes of at least 4 members (excludes halogenated alkanes) is 2. The molecule has 15 atom stereocenters. The molecule has 3 aliphatic heterocycles. The number of aromatic nitrogens is 2. The average molecular weight is 1860 g/mol. The van der Waals surface area contributed by atoms with Gasteiger partial charge in [-0.25, -0.2) is 0 Å². The Bertz CT molecular complexity index is 4970. The molecule has 3 saturated heterocycles. The van der Waals surface area contributed by atoms with Crippen molar-refractivity contribution in [2.24, 2.45) is 40.7 Å². The Hall–Kier alpha value is -12.4. The van der Waals surface area contributed by atoms with Crippen molar-refractivity contribution in [3.8, 4) is 0 Å². The van der Waals surface area contributed by atoms with Gasteiger partial charge in [-0.1, -0.05) is 120 Å². The summed E-state index contributed by atoms with van der Waals surface area (Å²) in [6, 6.07) is 3.32. The number of nitrogens with two attached hydrogens (primary N) is 4. The zero-order valence-corrected chi connectivity index (χ0v) is 77.3. The molecule has 0 bridgehead atoms. The van der Waals surface area contributed by atoms with E-state index in [1.54, 1.807) is 93.8 Å². The second-order valence-corrected chi connectivity index (χ2v) is 35.9. The van der Waals surface area contributed by atoms with Gasteiger partial charge in [-0.05, 0) is 106 Å². The number of thioether (sulfide) groups is 1. The highest BCUT2D eigenvalue weighted by Crippen LogP contribution is 2.31. The molecule has 3 fully saturated rings. The molecule has 0 spiro atoms. The molecule has 3 aromatic carbocycles. The van der Waals surface area contributed by atoms with Gasteiger partial charge in [-0.2, -0.15) is 0 Å². The molecule has 41 heteroatoms. The number of hydrogen-bond donors (Lipinski definition) is 18. The highest BCUT2D eigenvalue weighted by molar-refractivity contribution is 8.00. The minimum absolute atomic E-state index is 0.00338. The van der Waals surface area contributed by atoms with Crippen LogP contribution in [0.1, 0.15) is 153 Å². The van der Waals surface area contributed by atoms with Gasteiger partial charge in [-0.15, -0.1) is 11.8 Å². The summed E-state index contributed by atoms with van der Waals surface area (Å²) in [6.07, 6.45) is 0.935. The molecular weight excluding hydrogens is 1720 g/mol. The lowest BCUT2D eigenvalue weighted by atomic mass is 9.88. The number of fused-ring (bicyclic) bond motifs is 4. The first-order valence-electron chi connectivity index (χ1n) is 45.0. The third-order valence-corrected chi connectivity index (χ3v) is 25.4. The second kappa shape index (κ2) is 50.3. The molecule has 0 radical (unpaired) electrons. The van der Waals surface area contributed by atoms with Gasteiger partial charge in [0.25, 0.3) is 0 Å². The van der Waals surface area contributed by atoms with Gasteiger partial charge < -0.3 is 115 Å². The lowest BCUT2D eigenvalue weighted by Crippen LogP contribution is -2.61. The van der Waals surface area contributed by atoms with E-state index in [1.807, 2.05) is 26.0 Å². The summed E-state index contributed by atoms with van der Waals surface area (Å²) < 4.78 is 0. The van der Waals surface area contributed by atoms with E-state index in [9.17, 15) is 58.2 Å². The number of hydrogen-bond acceptors (Lipinski definition) is 22. The third kappa shape index (κ3) is 29.3. The molecule has 3 aliphatic rings. The number of aryl methyl sites for hydroxylation is 1. The number of carbonyl (C=O) groups excluding carboxylic acids is 17. The highest BCUT2D eigenvalue weighted by Gasteiger charge is 2.47. The highest BCUT2D eigenvalue weighted by atomic mass is 32.2. The van der Waals surface area contributed by atoms with Gasteiger partial charge in [0.15, 0.2) is 17.5 Å². The molecule has 15 amide bonds. The van der Waals surface area contributed by atoms with Gasteiger partial charge in [0.05, 0.1) is 37.5 Å². The number of carbonyl (C=O) groups is 17. The molecule has 0 saturated carbocycles. The van der Waals surface area contributed by atoms with E-state index in [0.29, 0.717) is 64.2 Å². The van der Waals surface area contributed by atoms with Gasteiger partial charge >= 0.3 is 0 Å². The lowest BCUT2D eigenvalue weighted by Gasteiger charge is -2.36. The minimum atomic E-state index is -1.75. The molecule has 40 nitrogen and oxygen atoms in total. The summed E-state index contributed by atoms with van der Waals surface area (Å²) in [6.45, 7) is 7.54. The molecule has 5 heterocycles. The SMILES string of the molecule is CCCC[C@H]1C(=O)N(C)[C@@H](CCCC)C(=O)N[C@@H](CCCNC(=N)N)C(=O)N[C@H](C(=O)NCC(N)=O)CSCC(=O)N[C@@H](Cc2cccc(C)c2)C(=O)N(C)[C@@H](C)C(=O)N[C@@H](CC(N)=O)C(=O)N2CCC[C@H]2C(=O)N[C@@H](CN)C(=O)N[C@@H](CC(C)C)C(=O)N2C[C@H](O)C[C@H]2C(=O)C[C@@H](Cc2c[nH]c3ccccc23)C(=O)N[C@@H](CO)C(=O)C[C@@H](Cc2c[nH]c3ccccc23)C(=O)N1C. The predicted octanol–water partition coefficient (Wildman–Crippen LogP) is -1.15. The quantitative estimate of drug-likeness (QED) is 0.0186. The van der Waals surface area contributed by atoms with Crippen molar-refractivity contribution >= 4 is 140 Å². The number of guanidine groups is 1. The van der Waals surface area contributed by atoms with Crippen LogP contribution in [0.15, 0.2) is 85.2 Å². The Morgan fingerprint density at radius 3 is 1.77 bits per heavy atom. The molecule has 22 N–H and O–H groups in total. The Kier molecular flexibility index (Phi) is 40.0. The molecule has 0 unspecified atom stereocenters. The summed E-state index contributed by atoms with van der Waals surface area (Å²) in [5.74, 6) is -19.3. The Labute approximate surface area is 771 Å². The van der Waals surface area contributed by atoms with Crippen molar-refractivity contribution in [1.82, 2.24) is 82.3 Å². The van der Waals surface area contributed by atoms with Crippen molar-refractivity contribution in [3.05, 3.63) is 107 Å². The van der Waals surface area contributed by atoms with Gasteiger partial charge in [0, 0.05) is 125 Å². The summed E-state index contributed by atoms with van der Waals surface area (Å²) >= 11 is 0.798. The summed E-state index contributed by atoms with van der Waals surface area (Å²) in [7, 11) is 4.02. The van der Waals surface area contributed by atoms with Crippen LogP contribution < -0.4 is 70.8 Å². The fraction of sp³-hybridized carbons (Fsp3) is 0.560. The van der Waals surface area contributed by atoms with Crippen LogP contribution >= 0.6 is 11.8 Å². The zero-order chi connectivity index (χ0) is 96.9. The number of likely N-dealkylation sites (N-methyl/N-ethyl adjacent to an activating group) is 3. The van der Waals surface area contributed by atoms with E-state index in [4.69, 9.17) is 28.3 Å². The standard InChI is InChI=1S/C91H131N21O19S/c1-10-12-28-70-84(125)102-63(27-19-31-97-91(95)96)82(123)107-69(81(122)100-45-77(94)118)48-132-49-78(119)101-65(35-53-22-18-21-51(5)34-53)87(128)108(7)52(6)79(120)103-66(41-76(93)117)88(129)111-32-20-30-71(111)85(126)105-67(42-92)83(124)104-64(33-50(3)4)89(130)112-46-58(114)40-73(112)75(116)38-54(36-56-43-98-61-25-16-14-23-59(56)61)80(121)106-68(47-113)74(115)39-55(37-57-44-99-62-26-17-15-24-60(57)62)86(127)110(9)72(29-13-11-2)90(131)109(70)8/h14-18,21-26,34,43-44,50,52,54-55,58,63-73,98-99,113-114H,10-13,19-20,27-33,35-42,45-49,92H2,1-9H3,(H2,93,117)(H2,94,118)(H,100,122)(H,101,119)(H,102,125)(H,103,120)(H,104,124)(H,105,126)(H,106,121)(H,107,123)(H4,95,96,97)/t52-,54+,55+,58+,63-,64-,65-,66-,67-,68-,69-,70-,71-,72-,73-/m0/s1. The number of ketones is 2. The third-order valence-electron chi connectivity index (χ3n) is 24.3. The molecule has 0 aliphatic carbocycles. The summed E-state index contributed by atoms with van der Waals surface area (Å²) in [4.78, 5) is 261. The second-order valence-electron chi connectivity index (χ2n) is 34.9. The maximum absolute atomic E-state index is 15.8. The minimum Gasteiger partial charge on any atom is -0.394 e. The molecule has 5 aromatic rings. The smallest absolute Gasteiger partial charge is 0.246 e. The van der Waals surface area contributed by atoms with Crippen LogP contribution in [0.3, 0.4) is 0 Å². The van der Waals surface area contributed by atoms with Crippen molar-refractivity contribution in [1.29, 1.82) is 5.41 Å². The number of amides is 15. The number of aromatic amines is 2. The number of H-pyrrole nitrogens is 2. The normalized spacial score (nSPS) is 25.2. The first kappa shape index (κ1) is 105. The van der Waals surface area contributed by atoms with E-state index >= 15 is 33.6 Å². The lowest BCUT2D eigenvalue weighted by molar-refractivity contribution is -0.150. The van der Waals surface area contributed by atoms with E-state index < -0.39 is 254 Å². The van der Waals surface area contributed by atoms with Crippen molar-refractivity contribution in [2.45, 2.75) is 236 Å². The number of para-hydroxylation sites is 2. The number of aliphatic hydroxyl groups excluding tert-OH is 2. The molecule has 2 aromatic heterocycles. The first-order valence-corrected chi connectivity index (χ1v) is 46.2. The van der Waals surface area contributed by atoms with Crippen LogP contribution in [-0.4, -0.2) is 301 Å². The molecule has 8 rings (SSSR count). The molecule has 132 heavy (non-hydrogen) atoms. The van der Waals surface area contributed by atoms with E-state index in [0.717, 1.165) is 32.0 Å². The predicted molar refractivity (Wildman–Crippen MR) is 492 cm³/mol. The monoisotopic (exact) mass is 1850 g/mol. The van der Waals surface area contributed by atoms with Crippen LogP contribution in [0.2, 0.25) is 0 Å². The van der Waals surface area contributed by atoms with Crippen molar-refractivity contribution in [2.75, 3.05) is 72.0 Å². The fourth-order valence-corrected chi connectivity index (χ4v) is 17.8. The number of rotatable bonds is 25. The number of primary amides is 2. The number of nitrogens with one attached hydrogen (secondary N) is 12. The summed E-state index contributed by atoms with van der Waals surface area (Å²) in [5, 5.41) is 55.5. The largest absolute Gasteiger partial charge is 0.394 e. The fourth-order valence-electron chi connectivity index (χ4n) is 17.0. The van der Waals surface area contributed by atoms with Crippen LogP contribution in [0.4, 0.5) is 0 Å². The van der Waals surface area contributed by atoms with E-state index in [-0.39, 0.29) is 89.6 Å².